The lowest BCUT2D eigenvalue weighted by Crippen LogP contribution is -2.34. The number of hydrogen-bond acceptors (Lipinski definition) is 4. The van der Waals surface area contributed by atoms with Crippen LogP contribution in [0.2, 0.25) is 0 Å². The van der Waals surface area contributed by atoms with Crippen LogP contribution in [0.25, 0.3) is 0 Å². The van der Waals surface area contributed by atoms with Crippen molar-refractivity contribution < 1.29 is 13.2 Å². The molecule has 1 aromatic carbocycles. The molecule has 0 unspecified atom stereocenters. The summed E-state index contributed by atoms with van der Waals surface area (Å²) in [5, 5.41) is 5.83. The monoisotopic (exact) mass is 313 g/mol. The largest absolute Gasteiger partial charge is 0.382 e. The Kier molecular flexibility index (Phi) is 6.17. The third kappa shape index (κ3) is 5.35. The van der Waals surface area contributed by atoms with Gasteiger partial charge in [0.2, 0.25) is 10.0 Å². The minimum absolute atomic E-state index is 0.0787. The number of para-hydroxylation sites is 1. The predicted molar refractivity (Wildman–Crippen MR) is 85.0 cm³/mol. The van der Waals surface area contributed by atoms with Gasteiger partial charge < -0.3 is 10.6 Å². The van der Waals surface area contributed by atoms with E-state index in [1.54, 1.807) is 12.1 Å². The van der Waals surface area contributed by atoms with E-state index in [4.69, 9.17) is 0 Å². The summed E-state index contributed by atoms with van der Waals surface area (Å²) in [6.07, 6.45) is 0. The number of carbonyl (C=O) groups excluding carboxylic acids is 1. The molecular weight excluding hydrogens is 290 g/mol. The standard InChI is InChI=1S/C14H23N3O3S/c1-11(2)16-13-8-6-5-7-12(13)14(18)15-9-10-21(19,20)17(3)4/h5-8,11,16H,9-10H2,1-4H3,(H,15,18). The maximum atomic E-state index is 12.1. The van der Waals surface area contributed by atoms with Gasteiger partial charge in [-0.1, -0.05) is 12.1 Å². The SMILES string of the molecule is CC(C)Nc1ccccc1C(=O)NCCS(=O)(=O)N(C)C. The normalized spacial score (nSPS) is 11.7. The number of anilines is 1. The van der Waals surface area contributed by atoms with Crippen molar-refractivity contribution in [1.29, 1.82) is 0 Å². The van der Waals surface area contributed by atoms with Crippen LogP contribution in [0.1, 0.15) is 24.2 Å². The van der Waals surface area contributed by atoms with E-state index in [9.17, 15) is 13.2 Å². The first-order valence-electron chi connectivity index (χ1n) is 6.78. The van der Waals surface area contributed by atoms with E-state index < -0.39 is 10.0 Å². The van der Waals surface area contributed by atoms with Gasteiger partial charge in [-0.25, -0.2) is 12.7 Å². The number of hydrogen-bond donors (Lipinski definition) is 2. The van der Waals surface area contributed by atoms with Crippen LogP contribution in [-0.2, 0) is 10.0 Å². The molecule has 2 N–H and O–H groups in total. The highest BCUT2D eigenvalue weighted by Gasteiger charge is 2.15. The molecule has 0 saturated carbocycles. The molecular formula is C14H23N3O3S. The van der Waals surface area contributed by atoms with E-state index in [1.165, 1.54) is 14.1 Å². The molecule has 0 aromatic heterocycles. The quantitative estimate of drug-likeness (QED) is 0.791. The van der Waals surface area contributed by atoms with Gasteiger partial charge in [0.15, 0.2) is 0 Å². The van der Waals surface area contributed by atoms with Gasteiger partial charge in [0, 0.05) is 32.4 Å². The summed E-state index contributed by atoms with van der Waals surface area (Å²) in [5.74, 6) is -0.404. The highest BCUT2D eigenvalue weighted by atomic mass is 32.2. The number of sulfonamides is 1. The average molecular weight is 313 g/mol. The summed E-state index contributed by atoms with van der Waals surface area (Å²) in [7, 11) is -0.360. The van der Waals surface area contributed by atoms with E-state index in [0.717, 1.165) is 9.99 Å². The predicted octanol–water partition coefficient (Wildman–Crippen LogP) is 1.13. The number of benzene rings is 1. The minimum atomic E-state index is -3.30. The molecule has 1 amide bonds. The zero-order valence-electron chi connectivity index (χ0n) is 12.9. The molecule has 6 nitrogen and oxygen atoms in total. The molecule has 0 aliphatic rings. The van der Waals surface area contributed by atoms with Crippen molar-refractivity contribution in [3.05, 3.63) is 29.8 Å². The maximum absolute atomic E-state index is 12.1. The molecule has 0 aliphatic heterocycles. The van der Waals surface area contributed by atoms with Crippen LogP contribution in [0.4, 0.5) is 5.69 Å². The average Bonchev–Trinajstić information content (AvgIpc) is 2.38. The molecule has 21 heavy (non-hydrogen) atoms. The number of nitrogens with zero attached hydrogens (tertiary/aromatic N) is 1. The minimum Gasteiger partial charge on any atom is -0.382 e. The molecule has 0 radical (unpaired) electrons. The summed E-state index contributed by atoms with van der Waals surface area (Å²) < 4.78 is 24.4. The second-order valence-electron chi connectivity index (χ2n) is 5.20. The molecule has 0 spiro atoms. The van der Waals surface area contributed by atoms with Crippen LogP contribution in [0, 0.1) is 0 Å². The van der Waals surface area contributed by atoms with Crippen LogP contribution in [0.15, 0.2) is 24.3 Å². The van der Waals surface area contributed by atoms with Gasteiger partial charge in [0.1, 0.15) is 0 Å². The Balaban J connectivity index is 2.69. The van der Waals surface area contributed by atoms with Gasteiger partial charge >= 0.3 is 0 Å². The van der Waals surface area contributed by atoms with Crippen LogP contribution in [0.3, 0.4) is 0 Å². The summed E-state index contributed by atoms with van der Waals surface area (Å²) in [5.41, 5.74) is 1.24. The Morgan fingerprint density at radius 1 is 1.24 bits per heavy atom. The second-order valence-corrected chi connectivity index (χ2v) is 7.50. The highest BCUT2D eigenvalue weighted by Crippen LogP contribution is 2.15. The van der Waals surface area contributed by atoms with Crippen LogP contribution < -0.4 is 10.6 Å². The summed E-state index contributed by atoms with van der Waals surface area (Å²) >= 11 is 0. The molecule has 0 bridgehead atoms. The Bertz CT molecular complexity index is 583. The fourth-order valence-corrected chi connectivity index (χ4v) is 2.41. The number of carbonyl (C=O) groups is 1. The molecule has 0 fully saturated rings. The van der Waals surface area contributed by atoms with Crippen LogP contribution in [-0.4, -0.2) is 51.1 Å². The summed E-state index contributed by atoms with van der Waals surface area (Å²) in [6.45, 7) is 4.05. The van der Waals surface area contributed by atoms with Gasteiger partial charge in [-0.15, -0.1) is 0 Å². The Hall–Kier alpha value is -1.60. The van der Waals surface area contributed by atoms with E-state index in [1.807, 2.05) is 26.0 Å². The van der Waals surface area contributed by atoms with Crippen LogP contribution >= 0.6 is 0 Å². The molecule has 0 heterocycles. The Labute approximate surface area is 126 Å². The van der Waals surface area contributed by atoms with Crippen molar-refractivity contribution in [3.8, 4) is 0 Å². The smallest absolute Gasteiger partial charge is 0.253 e. The molecule has 7 heteroatoms. The van der Waals surface area contributed by atoms with Crippen molar-refractivity contribution in [3.63, 3.8) is 0 Å². The molecule has 0 atom stereocenters. The number of rotatable bonds is 7. The third-order valence-corrected chi connectivity index (χ3v) is 4.65. The molecule has 0 saturated heterocycles. The Morgan fingerprint density at radius 3 is 2.43 bits per heavy atom. The van der Waals surface area contributed by atoms with Gasteiger partial charge in [0.25, 0.3) is 5.91 Å². The fourth-order valence-electron chi connectivity index (χ4n) is 1.69. The van der Waals surface area contributed by atoms with E-state index in [-0.39, 0.29) is 24.2 Å². The highest BCUT2D eigenvalue weighted by molar-refractivity contribution is 7.89. The van der Waals surface area contributed by atoms with E-state index in [0.29, 0.717) is 5.56 Å². The maximum Gasteiger partial charge on any atom is 0.253 e. The van der Waals surface area contributed by atoms with E-state index >= 15 is 0 Å². The molecule has 0 aliphatic carbocycles. The van der Waals surface area contributed by atoms with E-state index in [2.05, 4.69) is 10.6 Å². The molecule has 1 rings (SSSR count). The first-order valence-corrected chi connectivity index (χ1v) is 8.39. The fraction of sp³-hybridized carbons (Fsp3) is 0.500. The number of amides is 1. The van der Waals surface area contributed by atoms with Crippen molar-refractivity contribution in [2.45, 2.75) is 19.9 Å². The van der Waals surface area contributed by atoms with Gasteiger partial charge in [-0.3, -0.25) is 4.79 Å². The van der Waals surface area contributed by atoms with Crippen molar-refractivity contribution in [2.24, 2.45) is 0 Å². The van der Waals surface area contributed by atoms with Gasteiger partial charge in [-0.05, 0) is 26.0 Å². The van der Waals surface area contributed by atoms with Crippen molar-refractivity contribution in [2.75, 3.05) is 31.7 Å². The van der Waals surface area contributed by atoms with Gasteiger partial charge in [0.05, 0.1) is 11.3 Å². The lowest BCUT2D eigenvalue weighted by molar-refractivity contribution is 0.0957. The zero-order chi connectivity index (χ0) is 16.0. The lowest BCUT2D eigenvalue weighted by atomic mass is 10.1. The lowest BCUT2D eigenvalue weighted by Gasteiger charge is -2.15. The zero-order valence-corrected chi connectivity index (χ0v) is 13.7. The molecule has 1 aromatic rings. The number of nitrogens with one attached hydrogen (secondary N) is 2. The first kappa shape index (κ1) is 17.5. The second kappa shape index (κ2) is 7.42. The van der Waals surface area contributed by atoms with Gasteiger partial charge in [-0.2, -0.15) is 0 Å². The van der Waals surface area contributed by atoms with Crippen LogP contribution in [0.5, 0.6) is 0 Å². The summed E-state index contributed by atoms with van der Waals surface area (Å²) in [4.78, 5) is 12.1. The third-order valence-electron chi connectivity index (χ3n) is 2.82. The molecule has 118 valence electrons. The van der Waals surface area contributed by atoms with Crippen molar-refractivity contribution in [1.82, 2.24) is 9.62 Å². The Morgan fingerprint density at radius 2 is 1.86 bits per heavy atom. The first-order chi connectivity index (χ1) is 9.74. The summed E-state index contributed by atoms with van der Waals surface area (Å²) in [6, 6.07) is 7.36. The topological polar surface area (TPSA) is 78.5 Å². The van der Waals surface area contributed by atoms with Crippen molar-refractivity contribution >= 4 is 21.6 Å².